The number of aromatic carboxylic acids is 4. The molecule has 10 heteroatoms. The first-order valence-electron chi connectivity index (χ1n) is 6.66. The normalized spacial score (nSPS) is 10.4. The average molecular weight is 582 g/mol. The van der Waals surface area contributed by atoms with E-state index >= 15 is 0 Å². The van der Waals surface area contributed by atoms with Crippen LogP contribution in [-0.4, -0.2) is 44.3 Å². The van der Waals surface area contributed by atoms with Crippen molar-refractivity contribution in [1.82, 2.24) is 0 Å². The van der Waals surface area contributed by atoms with E-state index in [2.05, 4.69) is 0 Å². The predicted molar refractivity (Wildman–Crippen MR) is 105 cm³/mol. The Kier molecular flexibility index (Phi) is 5.85. The van der Waals surface area contributed by atoms with Gasteiger partial charge in [0.25, 0.3) is 0 Å². The summed E-state index contributed by atoms with van der Waals surface area (Å²) in [6.45, 7) is 0. The SMILES string of the molecule is O=C(O)c1ccc(-c2ccc(C(=O)O)c(C(=O)O)c2I)c(I)c1C(=O)O. The molecular formula is C16H8I2O8. The Labute approximate surface area is 172 Å². The minimum Gasteiger partial charge on any atom is -0.478 e. The van der Waals surface area contributed by atoms with Crippen LogP contribution in [0.5, 0.6) is 0 Å². The van der Waals surface area contributed by atoms with Gasteiger partial charge in [-0.1, -0.05) is 12.1 Å². The first-order chi connectivity index (χ1) is 12.1. The highest BCUT2D eigenvalue weighted by molar-refractivity contribution is 14.1. The third-order valence-electron chi connectivity index (χ3n) is 3.46. The number of carbonyl (C=O) groups is 4. The van der Waals surface area contributed by atoms with Crippen molar-refractivity contribution in [1.29, 1.82) is 0 Å². The molecule has 0 aliphatic heterocycles. The number of rotatable bonds is 5. The van der Waals surface area contributed by atoms with Gasteiger partial charge in [-0.3, -0.25) is 0 Å². The van der Waals surface area contributed by atoms with Crippen LogP contribution in [0.25, 0.3) is 11.1 Å². The first-order valence-corrected chi connectivity index (χ1v) is 8.82. The van der Waals surface area contributed by atoms with Gasteiger partial charge in [0, 0.05) is 7.14 Å². The van der Waals surface area contributed by atoms with Crippen molar-refractivity contribution in [3.05, 3.63) is 53.7 Å². The van der Waals surface area contributed by atoms with Gasteiger partial charge >= 0.3 is 23.9 Å². The van der Waals surface area contributed by atoms with E-state index in [4.69, 9.17) is 10.2 Å². The summed E-state index contributed by atoms with van der Waals surface area (Å²) in [7, 11) is 0. The van der Waals surface area contributed by atoms with E-state index < -0.39 is 46.1 Å². The van der Waals surface area contributed by atoms with E-state index in [1.165, 1.54) is 12.1 Å². The Hall–Kier alpha value is -2.22. The van der Waals surface area contributed by atoms with Gasteiger partial charge in [0.1, 0.15) is 0 Å². The monoisotopic (exact) mass is 582 g/mol. The summed E-state index contributed by atoms with van der Waals surface area (Å²) in [5.74, 6) is -5.70. The molecule has 0 heterocycles. The first kappa shape index (κ1) is 20.1. The Morgan fingerprint density at radius 1 is 0.577 bits per heavy atom. The van der Waals surface area contributed by atoms with Crippen molar-refractivity contribution in [2.24, 2.45) is 0 Å². The van der Waals surface area contributed by atoms with Crippen molar-refractivity contribution >= 4 is 69.1 Å². The van der Waals surface area contributed by atoms with E-state index in [0.717, 1.165) is 12.1 Å². The molecule has 0 bridgehead atoms. The molecule has 0 unspecified atom stereocenters. The highest BCUT2D eigenvalue weighted by atomic mass is 127. The Morgan fingerprint density at radius 3 is 1.12 bits per heavy atom. The molecule has 0 saturated heterocycles. The quantitative estimate of drug-likeness (QED) is 0.393. The van der Waals surface area contributed by atoms with Crippen molar-refractivity contribution in [2.45, 2.75) is 0 Å². The van der Waals surface area contributed by atoms with Gasteiger partial charge in [-0.25, -0.2) is 19.2 Å². The summed E-state index contributed by atoms with van der Waals surface area (Å²) < 4.78 is 0.208. The fourth-order valence-corrected chi connectivity index (χ4v) is 4.33. The fourth-order valence-electron chi connectivity index (χ4n) is 2.34. The molecule has 2 aromatic rings. The number of halogens is 2. The van der Waals surface area contributed by atoms with E-state index in [-0.39, 0.29) is 18.3 Å². The number of benzene rings is 2. The zero-order valence-electron chi connectivity index (χ0n) is 12.5. The summed E-state index contributed by atoms with van der Waals surface area (Å²) in [5.41, 5.74) is -1.08. The number of hydrogen-bond acceptors (Lipinski definition) is 4. The lowest BCUT2D eigenvalue weighted by Gasteiger charge is -2.14. The topological polar surface area (TPSA) is 149 Å². The molecule has 0 aromatic heterocycles. The van der Waals surface area contributed by atoms with Gasteiger partial charge < -0.3 is 20.4 Å². The van der Waals surface area contributed by atoms with Crippen LogP contribution >= 0.6 is 45.2 Å². The molecule has 0 amide bonds. The van der Waals surface area contributed by atoms with Crippen LogP contribution in [0.1, 0.15) is 41.4 Å². The lowest BCUT2D eigenvalue weighted by atomic mass is 9.96. The van der Waals surface area contributed by atoms with Crippen LogP contribution in [0, 0.1) is 7.14 Å². The summed E-state index contributed by atoms with van der Waals surface area (Å²) in [5, 5.41) is 37.0. The largest absolute Gasteiger partial charge is 0.478 e. The second kappa shape index (κ2) is 7.57. The van der Waals surface area contributed by atoms with Crippen LogP contribution in [0.4, 0.5) is 0 Å². The predicted octanol–water partition coefficient (Wildman–Crippen LogP) is 3.36. The molecule has 0 atom stereocenters. The van der Waals surface area contributed by atoms with Gasteiger partial charge in [-0.05, 0) is 68.4 Å². The lowest BCUT2D eigenvalue weighted by Crippen LogP contribution is -2.13. The number of carboxylic acids is 4. The summed E-state index contributed by atoms with van der Waals surface area (Å²) >= 11 is 3.35. The van der Waals surface area contributed by atoms with Gasteiger partial charge in [0.15, 0.2) is 0 Å². The minimum absolute atomic E-state index is 0.104. The van der Waals surface area contributed by atoms with Gasteiger partial charge in [0.2, 0.25) is 0 Å². The zero-order chi connectivity index (χ0) is 19.8. The average Bonchev–Trinajstić information content (AvgIpc) is 2.53. The fraction of sp³-hybridized carbons (Fsp3) is 0. The number of carboxylic acid groups (broad SMARTS) is 4. The summed E-state index contributed by atoms with van der Waals surface area (Å²) in [4.78, 5) is 45.5. The standard InChI is InChI=1S/C16H8I2O8/c17-11-5(1-3-7(13(19)20)9(11)15(23)24)6-2-4-8(14(21)22)10(12(6)18)16(25)26/h1-4H,(H,19,20)(H,21,22)(H,23,24)(H,25,26). The van der Waals surface area contributed by atoms with Gasteiger partial charge in [-0.15, -0.1) is 0 Å². The molecule has 0 fully saturated rings. The highest BCUT2D eigenvalue weighted by Crippen LogP contribution is 2.35. The molecule has 26 heavy (non-hydrogen) atoms. The molecule has 134 valence electrons. The second-order valence-corrected chi connectivity index (χ2v) is 7.08. The van der Waals surface area contributed by atoms with E-state index in [1.807, 2.05) is 0 Å². The van der Waals surface area contributed by atoms with Gasteiger partial charge in [-0.2, -0.15) is 0 Å². The molecule has 2 rings (SSSR count). The molecule has 0 radical (unpaired) electrons. The van der Waals surface area contributed by atoms with Gasteiger partial charge in [0.05, 0.1) is 22.3 Å². The van der Waals surface area contributed by atoms with Crippen LogP contribution in [0.15, 0.2) is 24.3 Å². The van der Waals surface area contributed by atoms with Crippen molar-refractivity contribution < 1.29 is 39.6 Å². The van der Waals surface area contributed by atoms with E-state index in [9.17, 15) is 29.4 Å². The van der Waals surface area contributed by atoms with Crippen LogP contribution in [0.3, 0.4) is 0 Å². The lowest BCUT2D eigenvalue weighted by molar-refractivity contribution is 0.0650. The molecular weight excluding hydrogens is 574 g/mol. The molecule has 0 aliphatic rings. The minimum atomic E-state index is -1.44. The molecule has 0 saturated carbocycles. The van der Waals surface area contributed by atoms with E-state index in [0.29, 0.717) is 0 Å². The maximum atomic E-state index is 11.5. The Morgan fingerprint density at radius 2 is 0.885 bits per heavy atom. The second-order valence-electron chi connectivity index (χ2n) is 4.92. The van der Waals surface area contributed by atoms with Crippen molar-refractivity contribution in [3.63, 3.8) is 0 Å². The van der Waals surface area contributed by atoms with Crippen molar-refractivity contribution in [2.75, 3.05) is 0 Å². The third kappa shape index (κ3) is 3.51. The molecule has 0 aliphatic carbocycles. The van der Waals surface area contributed by atoms with Crippen LogP contribution in [-0.2, 0) is 0 Å². The molecule has 0 spiro atoms. The van der Waals surface area contributed by atoms with Crippen LogP contribution < -0.4 is 0 Å². The van der Waals surface area contributed by atoms with Crippen LogP contribution in [0.2, 0.25) is 0 Å². The molecule has 2 aromatic carbocycles. The maximum Gasteiger partial charge on any atom is 0.337 e. The smallest absolute Gasteiger partial charge is 0.337 e. The highest BCUT2D eigenvalue weighted by Gasteiger charge is 2.26. The Bertz CT molecular complexity index is 901. The summed E-state index contributed by atoms with van der Waals surface area (Å²) in [6, 6.07) is 4.96. The third-order valence-corrected chi connectivity index (χ3v) is 5.70. The Balaban J connectivity index is 2.86. The van der Waals surface area contributed by atoms with E-state index in [1.54, 1.807) is 45.2 Å². The summed E-state index contributed by atoms with van der Waals surface area (Å²) in [6.07, 6.45) is 0. The maximum absolute atomic E-state index is 11.5. The molecule has 8 nitrogen and oxygen atoms in total. The molecule has 4 N–H and O–H groups in total. The zero-order valence-corrected chi connectivity index (χ0v) is 16.8. The number of hydrogen-bond donors (Lipinski definition) is 4. The van der Waals surface area contributed by atoms with Crippen molar-refractivity contribution in [3.8, 4) is 11.1 Å².